The van der Waals surface area contributed by atoms with Gasteiger partial charge < -0.3 is 20.5 Å². The van der Waals surface area contributed by atoms with E-state index in [1.807, 2.05) is 12.1 Å². The highest BCUT2D eigenvalue weighted by Crippen LogP contribution is 2.21. The monoisotopic (exact) mass is 264 g/mol. The Bertz CT molecular complexity index is 442. The van der Waals surface area contributed by atoms with Crippen LogP contribution in [0.2, 0.25) is 0 Å². The Kier molecular flexibility index (Phi) is 4.63. The quantitative estimate of drug-likeness (QED) is 0.804. The third-order valence-electron chi connectivity index (χ3n) is 3.35. The lowest BCUT2D eigenvalue weighted by Crippen LogP contribution is -2.33. The van der Waals surface area contributed by atoms with Crippen molar-refractivity contribution >= 4 is 11.6 Å². The van der Waals surface area contributed by atoms with E-state index in [1.165, 1.54) is 0 Å². The zero-order valence-electron chi connectivity index (χ0n) is 11.1. The molecule has 0 unspecified atom stereocenters. The number of nitrogens with one attached hydrogen (secondary N) is 1. The first kappa shape index (κ1) is 13.7. The normalized spacial score (nSPS) is 16.1. The standard InChI is InChI=1S/C14H20N2O3/c1-18-13-3-2-12(15)8-11(13)9-16-14(17)10-4-6-19-7-5-10/h2-3,8,10H,4-7,9,15H2,1H3,(H,16,17). The Morgan fingerprint density at radius 1 is 1.47 bits per heavy atom. The Morgan fingerprint density at radius 2 is 2.21 bits per heavy atom. The second-order valence-corrected chi connectivity index (χ2v) is 4.68. The maximum atomic E-state index is 12.0. The number of methoxy groups -OCH3 is 1. The molecule has 0 atom stereocenters. The molecule has 1 aromatic carbocycles. The number of rotatable bonds is 4. The van der Waals surface area contributed by atoms with Gasteiger partial charge in [-0.25, -0.2) is 0 Å². The predicted molar refractivity (Wildman–Crippen MR) is 72.8 cm³/mol. The van der Waals surface area contributed by atoms with Crippen LogP contribution in [0.15, 0.2) is 18.2 Å². The van der Waals surface area contributed by atoms with Crippen LogP contribution >= 0.6 is 0 Å². The van der Waals surface area contributed by atoms with Crippen LogP contribution in [0.25, 0.3) is 0 Å². The Balaban J connectivity index is 1.94. The first-order valence-corrected chi connectivity index (χ1v) is 6.48. The van der Waals surface area contributed by atoms with Gasteiger partial charge in [0.2, 0.25) is 5.91 Å². The molecule has 3 N–H and O–H groups in total. The second-order valence-electron chi connectivity index (χ2n) is 4.68. The molecule has 0 radical (unpaired) electrons. The van der Waals surface area contributed by atoms with E-state index < -0.39 is 0 Å². The SMILES string of the molecule is COc1ccc(N)cc1CNC(=O)C1CCOCC1. The van der Waals surface area contributed by atoms with Crippen LogP contribution in [0.4, 0.5) is 5.69 Å². The summed E-state index contributed by atoms with van der Waals surface area (Å²) in [7, 11) is 1.61. The van der Waals surface area contributed by atoms with Crippen molar-refractivity contribution in [3.8, 4) is 5.75 Å². The lowest BCUT2D eigenvalue weighted by atomic mass is 9.99. The molecule has 104 valence electrons. The number of nitrogens with two attached hydrogens (primary N) is 1. The summed E-state index contributed by atoms with van der Waals surface area (Å²) in [4.78, 5) is 12.0. The Labute approximate surface area is 113 Å². The van der Waals surface area contributed by atoms with Gasteiger partial charge in [0, 0.05) is 36.9 Å². The highest BCUT2D eigenvalue weighted by atomic mass is 16.5. The molecule has 1 aromatic rings. The summed E-state index contributed by atoms with van der Waals surface area (Å²) in [6.07, 6.45) is 1.58. The van der Waals surface area contributed by atoms with Crippen molar-refractivity contribution in [1.29, 1.82) is 0 Å². The minimum absolute atomic E-state index is 0.0563. The van der Waals surface area contributed by atoms with Gasteiger partial charge in [0.05, 0.1) is 7.11 Å². The zero-order valence-corrected chi connectivity index (χ0v) is 11.1. The summed E-state index contributed by atoms with van der Waals surface area (Å²) in [6, 6.07) is 5.41. The molecule has 19 heavy (non-hydrogen) atoms. The second kappa shape index (κ2) is 6.43. The van der Waals surface area contributed by atoms with Crippen LogP contribution in [0.1, 0.15) is 18.4 Å². The van der Waals surface area contributed by atoms with Crippen molar-refractivity contribution < 1.29 is 14.3 Å². The summed E-state index contributed by atoms with van der Waals surface area (Å²) in [5.74, 6) is 0.870. The largest absolute Gasteiger partial charge is 0.496 e. The van der Waals surface area contributed by atoms with Gasteiger partial charge in [-0.1, -0.05) is 0 Å². The van der Waals surface area contributed by atoms with Gasteiger partial charge in [-0.05, 0) is 31.0 Å². The number of benzene rings is 1. The van der Waals surface area contributed by atoms with Gasteiger partial charge in [0.1, 0.15) is 5.75 Å². The van der Waals surface area contributed by atoms with E-state index in [1.54, 1.807) is 13.2 Å². The Morgan fingerprint density at radius 3 is 2.89 bits per heavy atom. The zero-order chi connectivity index (χ0) is 13.7. The summed E-state index contributed by atoms with van der Waals surface area (Å²) in [5, 5.41) is 2.94. The number of carbonyl (C=O) groups is 1. The molecule has 1 saturated heterocycles. The van der Waals surface area contributed by atoms with Crippen molar-refractivity contribution in [3.63, 3.8) is 0 Å². The van der Waals surface area contributed by atoms with Gasteiger partial charge in [0.25, 0.3) is 0 Å². The highest BCUT2D eigenvalue weighted by Gasteiger charge is 2.21. The van der Waals surface area contributed by atoms with E-state index in [0.717, 1.165) is 24.2 Å². The number of nitrogen functional groups attached to an aromatic ring is 1. The van der Waals surface area contributed by atoms with E-state index in [9.17, 15) is 4.79 Å². The van der Waals surface area contributed by atoms with Crippen molar-refractivity contribution in [2.75, 3.05) is 26.1 Å². The summed E-state index contributed by atoms with van der Waals surface area (Å²) < 4.78 is 10.5. The number of amides is 1. The minimum Gasteiger partial charge on any atom is -0.496 e. The van der Waals surface area contributed by atoms with Crippen molar-refractivity contribution in [2.24, 2.45) is 5.92 Å². The van der Waals surface area contributed by atoms with E-state index in [0.29, 0.717) is 25.4 Å². The molecule has 1 amide bonds. The number of hydrogen-bond donors (Lipinski definition) is 2. The Hall–Kier alpha value is -1.75. The van der Waals surface area contributed by atoms with Crippen LogP contribution < -0.4 is 15.8 Å². The summed E-state index contributed by atoms with van der Waals surface area (Å²) in [6.45, 7) is 1.77. The van der Waals surface area contributed by atoms with E-state index in [2.05, 4.69) is 5.32 Å². The van der Waals surface area contributed by atoms with Crippen molar-refractivity contribution in [2.45, 2.75) is 19.4 Å². The lowest BCUT2D eigenvalue weighted by Gasteiger charge is -2.21. The maximum Gasteiger partial charge on any atom is 0.223 e. The molecule has 1 heterocycles. The van der Waals surface area contributed by atoms with Crippen LogP contribution in [0.3, 0.4) is 0 Å². The third kappa shape index (κ3) is 3.61. The highest BCUT2D eigenvalue weighted by molar-refractivity contribution is 5.78. The van der Waals surface area contributed by atoms with Gasteiger partial charge >= 0.3 is 0 Å². The minimum atomic E-state index is 0.0563. The smallest absolute Gasteiger partial charge is 0.223 e. The first-order chi connectivity index (χ1) is 9.20. The average molecular weight is 264 g/mol. The van der Waals surface area contributed by atoms with E-state index in [4.69, 9.17) is 15.2 Å². The molecule has 0 aliphatic carbocycles. The van der Waals surface area contributed by atoms with Crippen LogP contribution in [-0.4, -0.2) is 26.2 Å². The summed E-state index contributed by atoms with van der Waals surface area (Å²) in [5.41, 5.74) is 7.30. The summed E-state index contributed by atoms with van der Waals surface area (Å²) >= 11 is 0. The fraction of sp³-hybridized carbons (Fsp3) is 0.500. The maximum absolute atomic E-state index is 12.0. The molecule has 5 heteroatoms. The molecule has 2 rings (SSSR count). The van der Waals surface area contributed by atoms with E-state index >= 15 is 0 Å². The fourth-order valence-corrected chi connectivity index (χ4v) is 2.22. The third-order valence-corrected chi connectivity index (χ3v) is 3.35. The number of anilines is 1. The number of hydrogen-bond acceptors (Lipinski definition) is 4. The van der Waals surface area contributed by atoms with Crippen LogP contribution in [-0.2, 0) is 16.1 Å². The van der Waals surface area contributed by atoms with Gasteiger partial charge in [-0.15, -0.1) is 0 Å². The first-order valence-electron chi connectivity index (χ1n) is 6.48. The number of carbonyl (C=O) groups excluding carboxylic acids is 1. The van der Waals surface area contributed by atoms with Crippen LogP contribution in [0.5, 0.6) is 5.75 Å². The van der Waals surface area contributed by atoms with Gasteiger partial charge in [0.15, 0.2) is 0 Å². The van der Waals surface area contributed by atoms with Crippen molar-refractivity contribution in [1.82, 2.24) is 5.32 Å². The molecule has 0 bridgehead atoms. The number of ether oxygens (including phenoxy) is 2. The topological polar surface area (TPSA) is 73.6 Å². The molecule has 5 nitrogen and oxygen atoms in total. The van der Waals surface area contributed by atoms with E-state index in [-0.39, 0.29) is 11.8 Å². The fourth-order valence-electron chi connectivity index (χ4n) is 2.22. The van der Waals surface area contributed by atoms with Gasteiger partial charge in [-0.3, -0.25) is 4.79 Å². The molecule has 0 aromatic heterocycles. The molecular formula is C14H20N2O3. The molecule has 1 aliphatic rings. The lowest BCUT2D eigenvalue weighted by molar-refractivity contribution is -0.128. The molecule has 0 spiro atoms. The predicted octanol–water partition coefficient (Wildman–Crippen LogP) is 1.32. The molecule has 1 aliphatic heterocycles. The average Bonchev–Trinajstić information content (AvgIpc) is 2.46. The molecule has 1 fully saturated rings. The van der Waals surface area contributed by atoms with Gasteiger partial charge in [-0.2, -0.15) is 0 Å². The molecular weight excluding hydrogens is 244 g/mol. The van der Waals surface area contributed by atoms with Crippen molar-refractivity contribution in [3.05, 3.63) is 23.8 Å². The van der Waals surface area contributed by atoms with Crippen LogP contribution in [0, 0.1) is 5.92 Å². The molecule has 0 saturated carbocycles.